The lowest BCUT2D eigenvalue weighted by molar-refractivity contribution is -0.149. The number of carbonyl (C=O) groups is 4. The van der Waals surface area contributed by atoms with E-state index in [0.717, 1.165) is 28.4 Å². The van der Waals surface area contributed by atoms with Crippen LogP contribution in [0.3, 0.4) is 0 Å². The summed E-state index contributed by atoms with van der Waals surface area (Å²) in [5.74, 6) is -3.77. The van der Waals surface area contributed by atoms with Crippen molar-refractivity contribution < 1.29 is 38.1 Å². The molecule has 2 aliphatic heterocycles. The van der Waals surface area contributed by atoms with E-state index in [-0.39, 0.29) is 11.3 Å². The highest BCUT2D eigenvalue weighted by Crippen LogP contribution is 2.54. The molecule has 0 aliphatic carbocycles. The maximum atomic E-state index is 13.4. The van der Waals surface area contributed by atoms with Crippen molar-refractivity contribution in [2.24, 2.45) is 0 Å². The molecule has 164 valence electrons. The number of likely N-dealkylation sites (N-methyl/N-ethyl adjacent to an activating group) is 1. The lowest BCUT2D eigenvalue weighted by Crippen LogP contribution is -2.66. The first-order chi connectivity index (χ1) is 14.7. The van der Waals surface area contributed by atoms with E-state index in [1.54, 1.807) is 31.3 Å². The number of rotatable bonds is 4. The summed E-state index contributed by atoms with van der Waals surface area (Å²) in [4.78, 5) is 55.1. The Kier molecular flexibility index (Phi) is 5.49. The number of hydrogen-bond donors (Lipinski definition) is 0. The van der Waals surface area contributed by atoms with Gasteiger partial charge in [-0.25, -0.2) is 19.2 Å². The summed E-state index contributed by atoms with van der Waals surface area (Å²) in [6, 6.07) is 6.94. The summed E-state index contributed by atoms with van der Waals surface area (Å²) in [6.07, 6.45) is 0. The Balaban J connectivity index is 2.59. The molecule has 1 atom stereocenters. The van der Waals surface area contributed by atoms with Crippen LogP contribution in [0.25, 0.3) is 0 Å². The second-order valence-corrected chi connectivity index (χ2v) is 6.73. The lowest BCUT2D eigenvalue weighted by atomic mass is 9.83. The van der Waals surface area contributed by atoms with Crippen molar-refractivity contribution in [3.05, 3.63) is 46.7 Å². The number of anilines is 2. The van der Waals surface area contributed by atoms with Crippen LogP contribution < -0.4 is 9.80 Å². The SMILES string of the molecule is COC(=O)C1=C(C)N2c3ccccc3N(C)C2(C(=O)OC)C(C(=O)OC)=C1C(=O)OC. The van der Waals surface area contributed by atoms with Gasteiger partial charge < -0.3 is 28.7 Å². The van der Waals surface area contributed by atoms with Crippen LogP contribution >= 0.6 is 0 Å². The highest BCUT2D eigenvalue weighted by molar-refractivity contribution is 6.20. The van der Waals surface area contributed by atoms with Gasteiger partial charge >= 0.3 is 23.9 Å². The topological polar surface area (TPSA) is 112 Å². The van der Waals surface area contributed by atoms with Gasteiger partial charge in [-0.3, -0.25) is 0 Å². The summed E-state index contributed by atoms with van der Waals surface area (Å²) in [7, 11) is 6.07. The number of fused-ring (bicyclic) bond motifs is 3. The fourth-order valence-electron chi connectivity index (χ4n) is 4.21. The van der Waals surface area contributed by atoms with Gasteiger partial charge in [0, 0.05) is 12.7 Å². The van der Waals surface area contributed by atoms with E-state index < -0.39 is 40.7 Å². The molecule has 1 aromatic rings. The largest absolute Gasteiger partial charge is 0.466 e. The van der Waals surface area contributed by atoms with Crippen LogP contribution in [0.2, 0.25) is 0 Å². The molecular formula is C21H22N2O8. The number of carbonyl (C=O) groups excluding carboxylic acids is 4. The van der Waals surface area contributed by atoms with Crippen LogP contribution in [-0.4, -0.2) is 65.0 Å². The van der Waals surface area contributed by atoms with Crippen molar-refractivity contribution in [1.29, 1.82) is 0 Å². The Morgan fingerprint density at radius 3 is 1.81 bits per heavy atom. The van der Waals surface area contributed by atoms with Gasteiger partial charge in [0.2, 0.25) is 0 Å². The van der Waals surface area contributed by atoms with Gasteiger partial charge in [0.15, 0.2) is 0 Å². The van der Waals surface area contributed by atoms with Crippen molar-refractivity contribution in [3.63, 3.8) is 0 Å². The Morgan fingerprint density at radius 2 is 1.29 bits per heavy atom. The number of allylic oxidation sites excluding steroid dienone is 1. The molecule has 0 bridgehead atoms. The van der Waals surface area contributed by atoms with Crippen LogP contribution in [0.5, 0.6) is 0 Å². The molecule has 10 heteroatoms. The van der Waals surface area contributed by atoms with Crippen LogP contribution in [0.4, 0.5) is 11.4 Å². The molecule has 3 rings (SSSR count). The molecule has 0 spiro atoms. The standard InChI is InChI=1S/C21H22N2O8/c1-11-14(17(24)28-3)15(18(25)29-4)16(19(26)30-5)21(20(27)31-6)22(2)12-9-7-8-10-13(12)23(11)21/h7-10H,1-6H3. The number of esters is 4. The van der Waals surface area contributed by atoms with Crippen LogP contribution in [-0.2, 0) is 38.1 Å². The maximum absolute atomic E-state index is 13.4. The average molecular weight is 430 g/mol. The molecule has 0 fully saturated rings. The smallest absolute Gasteiger partial charge is 0.358 e. The maximum Gasteiger partial charge on any atom is 0.358 e. The first-order valence-corrected chi connectivity index (χ1v) is 9.16. The minimum absolute atomic E-state index is 0.196. The number of ether oxygens (including phenoxy) is 4. The third kappa shape index (κ3) is 2.71. The molecule has 2 aliphatic rings. The normalized spacial score (nSPS) is 19.5. The molecule has 0 saturated heterocycles. The van der Waals surface area contributed by atoms with Crippen molar-refractivity contribution >= 4 is 35.3 Å². The minimum atomic E-state index is -1.96. The number of methoxy groups -OCH3 is 4. The second-order valence-electron chi connectivity index (χ2n) is 6.73. The minimum Gasteiger partial charge on any atom is -0.466 e. The van der Waals surface area contributed by atoms with Crippen molar-refractivity contribution in [1.82, 2.24) is 0 Å². The fraction of sp³-hybridized carbons (Fsp3) is 0.333. The van der Waals surface area contributed by atoms with Gasteiger partial charge in [-0.15, -0.1) is 0 Å². The molecule has 1 aromatic carbocycles. The van der Waals surface area contributed by atoms with Gasteiger partial charge in [0.1, 0.15) is 5.57 Å². The summed E-state index contributed by atoms with van der Waals surface area (Å²) in [6.45, 7) is 1.54. The predicted octanol–water partition coefficient (Wildman–Crippen LogP) is 0.915. The highest BCUT2D eigenvalue weighted by atomic mass is 16.5. The molecule has 2 heterocycles. The Labute approximate surface area is 178 Å². The van der Waals surface area contributed by atoms with Gasteiger partial charge in [-0.2, -0.15) is 0 Å². The zero-order chi connectivity index (χ0) is 23.1. The van der Waals surface area contributed by atoms with E-state index in [1.165, 1.54) is 16.7 Å². The van der Waals surface area contributed by atoms with Gasteiger partial charge in [-0.05, 0) is 19.1 Å². The molecule has 0 aromatic heterocycles. The number of nitrogens with zero attached hydrogens (tertiary/aromatic N) is 2. The predicted molar refractivity (Wildman–Crippen MR) is 108 cm³/mol. The molecule has 1 unspecified atom stereocenters. The monoisotopic (exact) mass is 430 g/mol. The van der Waals surface area contributed by atoms with Crippen LogP contribution in [0.1, 0.15) is 6.92 Å². The van der Waals surface area contributed by atoms with E-state index in [1.807, 2.05) is 0 Å². The van der Waals surface area contributed by atoms with E-state index >= 15 is 0 Å². The van der Waals surface area contributed by atoms with E-state index in [9.17, 15) is 19.2 Å². The Hall–Kier alpha value is -3.82. The first kappa shape index (κ1) is 21.9. The zero-order valence-electron chi connectivity index (χ0n) is 18.0. The lowest BCUT2D eigenvalue weighted by Gasteiger charge is -2.45. The van der Waals surface area contributed by atoms with E-state index in [2.05, 4.69) is 0 Å². The molecule has 0 amide bonds. The first-order valence-electron chi connectivity index (χ1n) is 9.16. The highest BCUT2D eigenvalue weighted by Gasteiger charge is 2.65. The Bertz CT molecular complexity index is 1060. The fourth-order valence-corrected chi connectivity index (χ4v) is 4.21. The van der Waals surface area contributed by atoms with Crippen molar-refractivity contribution in [2.75, 3.05) is 45.3 Å². The number of hydrogen-bond acceptors (Lipinski definition) is 10. The third-order valence-electron chi connectivity index (χ3n) is 5.48. The van der Waals surface area contributed by atoms with Crippen molar-refractivity contribution in [3.8, 4) is 0 Å². The average Bonchev–Trinajstić information content (AvgIpc) is 3.06. The number of benzene rings is 1. The number of para-hydroxylation sites is 2. The van der Waals surface area contributed by atoms with Gasteiger partial charge in [0.05, 0.1) is 51.0 Å². The van der Waals surface area contributed by atoms with Gasteiger partial charge in [-0.1, -0.05) is 12.1 Å². The van der Waals surface area contributed by atoms with Crippen LogP contribution in [0, 0.1) is 0 Å². The summed E-state index contributed by atoms with van der Waals surface area (Å²) < 4.78 is 19.8. The van der Waals surface area contributed by atoms with E-state index in [4.69, 9.17) is 18.9 Å². The molecule has 0 N–H and O–H groups in total. The molecule has 0 radical (unpaired) electrons. The quantitative estimate of drug-likeness (QED) is 0.505. The molecule has 0 saturated carbocycles. The summed E-state index contributed by atoms with van der Waals surface area (Å²) in [5.41, 5.74) is -1.76. The Morgan fingerprint density at radius 1 is 0.774 bits per heavy atom. The second kappa shape index (κ2) is 7.78. The summed E-state index contributed by atoms with van der Waals surface area (Å²) >= 11 is 0. The van der Waals surface area contributed by atoms with E-state index in [0.29, 0.717) is 11.4 Å². The van der Waals surface area contributed by atoms with Crippen LogP contribution in [0.15, 0.2) is 46.7 Å². The van der Waals surface area contributed by atoms with Crippen molar-refractivity contribution in [2.45, 2.75) is 12.6 Å². The zero-order valence-corrected chi connectivity index (χ0v) is 18.0. The molecule has 31 heavy (non-hydrogen) atoms. The molecule has 10 nitrogen and oxygen atoms in total. The summed E-state index contributed by atoms with van der Waals surface area (Å²) in [5, 5.41) is 0. The molecular weight excluding hydrogens is 408 g/mol. The third-order valence-corrected chi connectivity index (χ3v) is 5.48. The van der Waals surface area contributed by atoms with Gasteiger partial charge in [0.25, 0.3) is 5.66 Å².